The van der Waals surface area contributed by atoms with E-state index in [4.69, 9.17) is 9.47 Å². The summed E-state index contributed by atoms with van der Waals surface area (Å²) in [7, 11) is 3.41. The van der Waals surface area contributed by atoms with Crippen molar-refractivity contribution in [3.63, 3.8) is 0 Å². The Kier molecular flexibility index (Phi) is 13.2. The summed E-state index contributed by atoms with van der Waals surface area (Å²) < 4.78 is 11.0. The number of amides is 1. The van der Waals surface area contributed by atoms with Gasteiger partial charge in [0.1, 0.15) is 0 Å². The minimum atomic E-state index is -0.0512. The van der Waals surface area contributed by atoms with Gasteiger partial charge in [0.05, 0.1) is 13.7 Å². The molecule has 0 atom stereocenters. The number of guanidine groups is 1. The number of hydrogen-bond acceptors (Lipinski definition) is 4. The van der Waals surface area contributed by atoms with Crippen LogP contribution in [0.2, 0.25) is 0 Å². The van der Waals surface area contributed by atoms with Gasteiger partial charge in [0, 0.05) is 32.2 Å². The molecule has 0 aromatic heterocycles. The van der Waals surface area contributed by atoms with E-state index in [0.29, 0.717) is 25.3 Å². The molecule has 0 bridgehead atoms. The van der Waals surface area contributed by atoms with Crippen molar-refractivity contribution in [2.45, 2.75) is 33.2 Å². The van der Waals surface area contributed by atoms with E-state index in [-0.39, 0.29) is 29.9 Å². The highest BCUT2D eigenvalue weighted by atomic mass is 127. The minimum Gasteiger partial charge on any atom is -0.493 e. The van der Waals surface area contributed by atoms with Crippen molar-refractivity contribution in [2.75, 3.05) is 33.9 Å². The van der Waals surface area contributed by atoms with Crippen LogP contribution in [0.1, 0.15) is 41.8 Å². The molecular formula is C24H35IN4O3. The predicted octanol–water partition coefficient (Wildman–Crippen LogP) is 3.76. The summed E-state index contributed by atoms with van der Waals surface area (Å²) in [4.78, 5) is 16.1. The van der Waals surface area contributed by atoms with Crippen LogP contribution in [-0.2, 0) is 13.0 Å². The molecule has 2 aromatic carbocycles. The maximum Gasteiger partial charge on any atom is 0.251 e. The van der Waals surface area contributed by atoms with Gasteiger partial charge in [-0.2, -0.15) is 0 Å². The molecule has 0 saturated heterocycles. The average molecular weight is 554 g/mol. The van der Waals surface area contributed by atoms with Crippen LogP contribution in [0.4, 0.5) is 0 Å². The maximum absolute atomic E-state index is 11.8. The highest BCUT2D eigenvalue weighted by Gasteiger charge is 2.06. The Morgan fingerprint density at radius 3 is 2.31 bits per heavy atom. The van der Waals surface area contributed by atoms with E-state index in [0.717, 1.165) is 42.4 Å². The number of benzene rings is 2. The molecule has 176 valence electrons. The fourth-order valence-corrected chi connectivity index (χ4v) is 3.09. The van der Waals surface area contributed by atoms with E-state index in [9.17, 15) is 4.79 Å². The first-order chi connectivity index (χ1) is 15.1. The fraction of sp³-hybridized carbons (Fsp3) is 0.417. The quantitative estimate of drug-likeness (QED) is 0.171. The SMILES string of the molecule is CCNC(=O)c1ccc(CNC(=NC)NCCCc2ccc(OC)c(OCC)c2)cc1.I. The number of carbonyl (C=O) groups is 1. The molecule has 2 aromatic rings. The van der Waals surface area contributed by atoms with Gasteiger partial charge in [-0.05, 0) is 62.1 Å². The number of methoxy groups -OCH3 is 1. The summed E-state index contributed by atoms with van der Waals surface area (Å²) in [5.74, 6) is 2.24. The summed E-state index contributed by atoms with van der Waals surface area (Å²) in [6.07, 6.45) is 1.88. The zero-order chi connectivity index (χ0) is 22.5. The Bertz CT molecular complexity index is 857. The van der Waals surface area contributed by atoms with E-state index in [1.807, 2.05) is 50.2 Å². The molecule has 0 heterocycles. The van der Waals surface area contributed by atoms with Crippen molar-refractivity contribution >= 4 is 35.8 Å². The molecular weight excluding hydrogens is 519 g/mol. The smallest absolute Gasteiger partial charge is 0.251 e. The fourth-order valence-electron chi connectivity index (χ4n) is 3.09. The lowest BCUT2D eigenvalue weighted by Gasteiger charge is -2.13. The Balaban J connectivity index is 0.00000512. The van der Waals surface area contributed by atoms with Crippen molar-refractivity contribution in [1.82, 2.24) is 16.0 Å². The van der Waals surface area contributed by atoms with Crippen molar-refractivity contribution in [3.8, 4) is 11.5 Å². The molecule has 0 aliphatic rings. The molecule has 3 N–H and O–H groups in total. The second-order valence-electron chi connectivity index (χ2n) is 6.93. The third-order valence-corrected chi connectivity index (χ3v) is 4.70. The number of ether oxygens (including phenoxy) is 2. The number of aliphatic imine (C=N–C) groups is 1. The predicted molar refractivity (Wildman–Crippen MR) is 141 cm³/mol. The Morgan fingerprint density at radius 1 is 0.969 bits per heavy atom. The topological polar surface area (TPSA) is 84.0 Å². The standard InChI is InChI=1S/C24H34N4O3.HI/c1-5-26-23(29)20-12-9-19(10-13-20)17-28-24(25-3)27-15-7-8-18-11-14-21(30-4)22(16-18)31-6-2;/h9-14,16H,5-8,15,17H2,1-4H3,(H,26,29)(H2,25,27,28);1H. The first-order valence-electron chi connectivity index (χ1n) is 10.7. The molecule has 1 amide bonds. The minimum absolute atomic E-state index is 0. The third kappa shape index (κ3) is 8.94. The molecule has 0 saturated carbocycles. The van der Waals surface area contributed by atoms with Gasteiger partial charge in [-0.15, -0.1) is 24.0 Å². The van der Waals surface area contributed by atoms with Crippen LogP contribution in [0.3, 0.4) is 0 Å². The monoisotopic (exact) mass is 554 g/mol. The van der Waals surface area contributed by atoms with E-state index in [1.165, 1.54) is 5.56 Å². The van der Waals surface area contributed by atoms with Crippen molar-refractivity contribution in [3.05, 3.63) is 59.2 Å². The summed E-state index contributed by atoms with van der Waals surface area (Å²) >= 11 is 0. The summed E-state index contributed by atoms with van der Waals surface area (Å²) in [5.41, 5.74) is 2.96. The summed E-state index contributed by atoms with van der Waals surface area (Å²) in [6, 6.07) is 13.6. The molecule has 0 unspecified atom stereocenters. The van der Waals surface area contributed by atoms with Gasteiger partial charge in [-0.1, -0.05) is 18.2 Å². The van der Waals surface area contributed by atoms with Gasteiger partial charge in [0.25, 0.3) is 5.91 Å². The molecule has 2 rings (SSSR count). The van der Waals surface area contributed by atoms with E-state index in [1.54, 1.807) is 14.2 Å². The van der Waals surface area contributed by atoms with E-state index in [2.05, 4.69) is 27.0 Å². The summed E-state index contributed by atoms with van der Waals surface area (Å²) in [5, 5.41) is 9.44. The van der Waals surface area contributed by atoms with Gasteiger partial charge in [-0.3, -0.25) is 9.79 Å². The normalized spacial score (nSPS) is 10.7. The van der Waals surface area contributed by atoms with Gasteiger partial charge in [0.15, 0.2) is 17.5 Å². The second-order valence-corrected chi connectivity index (χ2v) is 6.93. The highest BCUT2D eigenvalue weighted by molar-refractivity contribution is 14.0. The van der Waals surface area contributed by atoms with Crippen LogP contribution < -0.4 is 25.4 Å². The Labute approximate surface area is 208 Å². The number of rotatable bonds is 11. The van der Waals surface area contributed by atoms with Crippen LogP contribution in [-0.4, -0.2) is 45.7 Å². The highest BCUT2D eigenvalue weighted by Crippen LogP contribution is 2.28. The Morgan fingerprint density at radius 2 is 1.69 bits per heavy atom. The van der Waals surface area contributed by atoms with Crippen molar-refractivity contribution in [1.29, 1.82) is 0 Å². The van der Waals surface area contributed by atoms with Gasteiger partial charge in [0.2, 0.25) is 0 Å². The lowest BCUT2D eigenvalue weighted by molar-refractivity contribution is 0.0956. The van der Waals surface area contributed by atoms with Crippen LogP contribution in [0.25, 0.3) is 0 Å². The second kappa shape index (κ2) is 15.3. The first kappa shape index (κ1) is 27.5. The summed E-state index contributed by atoms with van der Waals surface area (Å²) in [6.45, 7) is 6.53. The van der Waals surface area contributed by atoms with Crippen molar-refractivity contribution in [2.24, 2.45) is 4.99 Å². The molecule has 32 heavy (non-hydrogen) atoms. The van der Waals surface area contributed by atoms with Gasteiger partial charge in [-0.25, -0.2) is 0 Å². The lowest BCUT2D eigenvalue weighted by Crippen LogP contribution is -2.37. The molecule has 0 aliphatic carbocycles. The van der Waals surface area contributed by atoms with Crippen LogP contribution in [0.15, 0.2) is 47.5 Å². The van der Waals surface area contributed by atoms with Crippen LogP contribution in [0, 0.1) is 0 Å². The van der Waals surface area contributed by atoms with E-state index < -0.39 is 0 Å². The number of halogens is 1. The van der Waals surface area contributed by atoms with Gasteiger partial charge >= 0.3 is 0 Å². The van der Waals surface area contributed by atoms with E-state index >= 15 is 0 Å². The number of carbonyl (C=O) groups excluding carboxylic acids is 1. The molecule has 7 nitrogen and oxygen atoms in total. The first-order valence-corrected chi connectivity index (χ1v) is 10.7. The number of hydrogen-bond donors (Lipinski definition) is 3. The molecule has 0 spiro atoms. The number of nitrogens with zero attached hydrogens (tertiary/aromatic N) is 1. The Hall–Kier alpha value is -2.49. The maximum atomic E-state index is 11.8. The van der Waals surface area contributed by atoms with Crippen LogP contribution >= 0.6 is 24.0 Å². The van der Waals surface area contributed by atoms with Crippen LogP contribution in [0.5, 0.6) is 11.5 Å². The number of nitrogens with one attached hydrogen (secondary N) is 3. The largest absolute Gasteiger partial charge is 0.493 e. The molecule has 8 heteroatoms. The lowest BCUT2D eigenvalue weighted by atomic mass is 10.1. The zero-order valence-electron chi connectivity index (χ0n) is 19.4. The third-order valence-electron chi connectivity index (χ3n) is 4.70. The molecule has 0 aliphatic heterocycles. The van der Waals surface area contributed by atoms with Gasteiger partial charge < -0.3 is 25.4 Å². The molecule has 0 radical (unpaired) electrons. The zero-order valence-corrected chi connectivity index (χ0v) is 21.7. The average Bonchev–Trinajstić information content (AvgIpc) is 2.79. The molecule has 0 fully saturated rings. The number of aryl methyl sites for hydroxylation is 1. The van der Waals surface area contributed by atoms with Crippen molar-refractivity contribution < 1.29 is 14.3 Å².